The van der Waals surface area contributed by atoms with Crippen molar-refractivity contribution in [1.82, 2.24) is 14.9 Å². The minimum atomic E-state index is 0.140. The van der Waals surface area contributed by atoms with Crippen LogP contribution in [0.4, 0.5) is 11.8 Å². The van der Waals surface area contributed by atoms with Crippen LogP contribution in [-0.2, 0) is 4.79 Å². The number of carbonyl (C=O) groups excluding carboxylic acids is 1. The first-order valence-corrected chi connectivity index (χ1v) is 10.3. The maximum absolute atomic E-state index is 11.6. The van der Waals surface area contributed by atoms with E-state index in [0.717, 1.165) is 62.3 Å². The topological polar surface area (TPSA) is 52.6 Å². The summed E-state index contributed by atoms with van der Waals surface area (Å²) in [5.74, 6) is 2.62. The number of aromatic nitrogens is 2. The van der Waals surface area contributed by atoms with E-state index in [1.54, 1.807) is 6.92 Å². The third-order valence-electron chi connectivity index (χ3n) is 5.76. The molecule has 0 saturated carbocycles. The van der Waals surface area contributed by atoms with E-state index in [2.05, 4.69) is 34.9 Å². The Hall–Kier alpha value is -2.63. The molecule has 1 amide bonds. The van der Waals surface area contributed by atoms with Crippen LogP contribution in [0.5, 0.6) is 0 Å². The van der Waals surface area contributed by atoms with Crippen molar-refractivity contribution in [1.29, 1.82) is 0 Å². The molecule has 28 heavy (non-hydrogen) atoms. The van der Waals surface area contributed by atoms with E-state index >= 15 is 0 Å². The second kappa shape index (κ2) is 8.17. The summed E-state index contributed by atoms with van der Waals surface area (Å²) in [6, 6.07) is 12.4. The van der Waals surface area contributed by atoms with Crippen LogP contribution in [0.2, 0.25) is 0 Å². The van der Waals surface area contributed by atoms with Gasteiger partial charge < -0.3 is 14.7 Å². The fourth-order valence-corrected chi connectivity index (χ4v) is 4.10. The summed E-state index contributed by atoms with van der Waals surface area (Å²) in [7, 11) is 0. The smallest absolute Gasteiger partial charge is 0.228 e. The van der Waals surface area contributed by atoms with Gasteiger partial charge in [0.15, 0.2) is 0 Å². The molecule has 1 atom stereocenters. The summed E-state index contributed by atoms with van der Waals surface area (Å²) in [5.41, 5.74) is 2.08. The first-order chi connectivity index (χ1) is 13.6. The Labute approximate surface area is 167 Å². The lowest BCUT2D eigenvalue weighted by molar-refractivity contribution is -0.129. The van der Waals surface area contributed by atoms with Crippen molar-refractivity contribution in [3.8, 4) is 11.3 Å². The Morgan fingerprint density at radius 1 is 1.00 bits per heavy atom. The van der Waals surface area contributed by atoms with Crippen LogP contribution in [0.15, 0.2) is 36.4 Å². The van der Waals surface area contributed by atoms with Crippen molar-refractivity contribution in [2.75, 3.05) is 49.1 Å². The normalized spacial score (nSPS) is 20.4. The second-order valence-electron chi connectivity index (χ2n) is 7.96. The predicted octanol–water partition coefficient (Wildman–Crippen LogP) is 3.05. The Morgan fingerprint density at radius 3 is 2.43 bits per heavy atom. The highest BCUT2D eigenvalue weighted by atomic mass is 16.2. The SMILES string of the molecule is CC(=O)N1CCN(c2nc(-c3ccccc3)cc(N3CCCC(C)C3)n2)CC1. The number of hydrogen-bond acceptors (Lipinski definition) is 5. The molecule has 0 radical (unpaired) electrons. The van der Waals surface area contributed by atoms with E-state index in [0.29, 0.717) is 5.92 Å². The zero-order chi connectivity index (χ0) is 19.5. The largest absolute Gasteiger partial charge is 0.356 e. The molecule has 0 bridgehead atoms. The lowest BCUT2D eigenvalue weighted by Crippen LogP contribution is -2.48. The maximum Gasteiger partial charge on any atom is 0.228 e. The number of rotatable bonds is 3. The number of anilines is 2. The van der Waals surface area contributed by atoms with Gasteiger partial charge in [0.2, 0.25) is 11.9 Å². The van der Waals surface area contributed by atoms with Crippen LogP contribution in [-0.4, -0.2) is 60.0 Å². The van der Waals surface area contributed by atoms with Gasteiger partial charge in [-0.05, 0) is 18.8 Å². The van der Waals surface area contributed by atoms with Crippen molar-refractivity contribution in [2.45, 2.75) is 26.7 Å². The summed E-state index contributed by atoms with van der Waals surface area (Å²) in [5, 5.41) is 0. The molecule has 148 valence electrons. The number of piperidine rings is 1. The van der Waals surface area contributed by atoms with Crippen molar-refractivity contribution in [3.63, 3.8) is 0 Å². The highest BCUT2D eigenvalue weighted by Gasteiger charge is 2.24. The predicted molar refractivity (Wildman–Crippen MR) is 113 cm³/mol. The summed E-state index contributed by atoms with van der Waals surface area (Å²) < 4.78 is 0. The standard InChI is InChI=1S/C22H29N5O/c1-17-7-6-10-27(16-17)21-15-20(19-8-4-3-5-9-19)23-22(24-21)26-13-11-25(12-14-26)18(2)28/h3-5,8-9,15,17H,6-7,10-14,16H2,1-2H3. The number of nitrogens with zero attached hydrogens (tertiary/aromatic N) is 5. The fourth-order valence-electron chi connectivity index (χ4n) is 4.10. The lowest BCUT2D eigenvalue weighted by Gasteiger charge is -2.36. The van der Waals surface area contributed by atoms with Gasteiger partial charge >= 0.3 is 0 Å². The molecule has 1 unspecified atom stereocenters. The number of benzene rings is 1. The van der Waals surface area contributed by atoms with Crippen molar-refractivity contribution in [3.05, 3.63) is 36.4 Å². The maximum atomic E-state index is 11.6. The van der Waals surface area contributed by atoms with Crippen LogP contribution >= 0.6 is 0 Å². The number of carbonyl (C=O) groups is 1. The third-order valence-corrected chi connectivity index (χ3v) is 5.76. The van der Waals surface area contributed by atoms with Crippen LogP contribution < -0.4 is 9.80 Å². The minimum Gasteiger partial charge on any atom is -0.356 e. The van der Waals surface area contributed by atoms with E-state index in [1.165, 1.54) is 12.8 Å². The average molecular weight is 380 g/mol. The van der Waals surface area contributed by atoms with Gasteiger partial charge in [-0.25, -0.2) is 4.98 Å². The van der Waals surface area contributed by atoms with Gasteiger partial charge in [0.05, 0.1) is 5.69 Å². The number of amides is 1. The summed E-state index contributed by atoms with van der Waals surface area (Å²) in [4.78, 5) is 28.0. The Kier molecular flexibility index (Phi) is 5.46. The van der Waals surface area contributed by atoms with Gasteiger partial charge in [0.1, 0.15) is 5.82 Å². The quantitative estimate of drug-likeness (QED) is 0.820. The molecule has 1 aromatic carbocycles. The lowest BCUT2D eigenvalue weighted by atomic mass is 10.0. The zero-order valence-corrected chi connectivity index (χ0v) is 16.8. The average Bonchev–Trinajstić information content (AvgIpc) is 2.74. The van der Waals surface area contributed by atoms with Crippen molar-refractivity contribution in [2.24, 2.45) is 5.92 Å². The molecular weight excluding hydrogens is 350 g/mol. The number of piperazine rings is 1. The Balaban J connectivity index is 1.65. The summed E-state index contributed by atoms with van der Waals surface area (Å²) in [6.07, 6.45) is 2.49. The molecule has 2 fully saturated rings. The summed E-state index contributed by atoms with van der Waals surface area (Å²) in [6.45, 7) is 9.04. The molecule has 2 aliphatic heterocycles. The van der Waals surface area contributed by atoms with Crippen LogP contribution in [0.25, 0.3) is 11.3 Å². The molecule has 1 aromatic heterocycles. The Bertz CT molecular complexity index is 817. The second-order valence-corrected chi connectivity index (χ2v) is 7.96. The first kappa shape index (κ1) is 18.7. The fraction of sp³-hybridized carbons (Fsp3) is 0.500. The van der Waals surface area contributed by atoms with Crippen LogP contribution in [0.3, 0.4) is 0 Å². The molecule has 2 aliphatic rings. The van der Waals surface area contributed by atoms with Gasteiger partial charge in [-0.1, -0.05) is 37.3 Å². The highest BCUT2D eigenvalue weighted by molar-refractivity contribution is 5.73. The molecule has 0 aliphatic carbocycles. The van der Waals surface area contributed by atoms with Gasteiger partial charge in [0, 0.05) is 57.8 Å². The van der Waals surface area contributed by atoms with E-state index in [1.807, 2.05) is 23.1 Å². The van der Waals surface area contributed by atoms with E-state index in [-0.39, 0.29) is 5.91 Å². The monoisotopic (exact) mass is 379 g/mol. The van der Waals surface area contributed by atoms with E-state index in [4.69, 9.17) is 9.97 Å². The molecule has 0 N–H and O–H groups in total. The molecule has 4 rings (SSSR count). The molecule has 6 heteroatoms. The minimum absolute atomic E-state index is 0.140. The highest BCUT2D eigenvalue weighted by Crippen LogP contribution is 2.28. The first-order valence-electron chi connectivity index (χ1n) is 10.3. The molecule has 2 saturated heterocycles. The number of hydrogen-bond donors (Lipinski definition) is 0. The van der Waals surface area contributed by atoms with Crippen LogP contribution in [0, 0.1) is 5.92 Å². The third kappa shape index (κ3) is 4.11. The van der Waals surface area contributed by atoms with Crippen molar-refractivity contribution < 1.29 is 4.79 Å². The van der Waals surface area contributed by atoms with Gasteiger partial charge in [-0.2, -0.15) is 4.98 Å². The summed E-state index contributed by atoms with van der Waals surface area (Å²) >= 11 is 0. The van der Waals surface area contributed by atoms with Crippen LogP contribution in [0.1, 0.15) is 26.7 Å². The van der Waals surface area contributed by atoms with E-state index in [9.17, 15) is 4.79 Å². The van der Waals surface area contributed by atoms with Gasteiger partial charge in [-0.15, -0.1) is 0 Å². The molecular formula is C22H29N5O. The molecule has 3 heterocycles. The molecule has 2 aromatic rings. The van der Waals surface area contributed by atoms with Crippen molar-refractivity contribution >= 4 is 17.7 Å². The Morgan fingerprint density at radius 2 is 1.75 bits per heavy atom. The van der Waals surface area contributed by atoms with Gasteiger partial charge in [0.25, 0.3) is 0 Å². The van der Waals surface area contributed by atoms with Gasteiger partial charge in [-0.3, -0.25) is 4.79 Å². The molecule has 6 nitrogen and oxygen atoms in total. The molecule has 0 spiro atoms. The van der Waals surface area contributed by atoms with E-state index < -0.39 is 0 Å². The zero-order valence-electron chi connectivity index (χ0n) is 16.8.